The second-order valence-electron chi connectivity index (χ2n) is 8.05. The minimum atomic E-state index is 0.270. The number of hydrogen-bond acceptors (Lipinski definition) is 7. The standard InChI is InChI=1S/C26H20N9O/c1-2-18(15-35-9-8-28-17-35)10-20(3-1)32-26-30-13-19-11-22(23-4-5-31-34-23)25(12-24(19)33-26)36-16-21-14-27-6-7-29-21/h1-14,17H,15-16H2,(H-,30,31,32,33,34)/q-1. The van der Waals surface area contributed by atoms with Gasteiger partial charge < -0.3 is 24.6 Å². The first-order valence-corrected chi connectivity index (χ1v) is 11.2. The highest BCUT2D eigenvalue weighted by Crippen LogP contribution is 2.35. The Morgan fingerprint density at radius 1 is 0.944 bits per heavy atom. The summed E-state index contributed by atoms with van der Waals surface area (Å²) < 4.78 is 8.14. The van der Waals surface area contributed by atoms with Crippen LogP contribution in [0.25, 0.3) is 27.5 Å². The lowest BCUT2D eigenvalue weighted by Gasteiger charge is -2.17. The molecule has 0 aliphatic heterocycles. The number of H-pyrrole nitrogens is 1. The second kappa shape index (κ2) is 9.63. The number of benzene rings is 2. The Balaban J connectivity index is 1.29. The maximum absolute atomic E-state index is 6.13. The highest BCUT2D eigenvalue weighted by Gasteiger charge is 2.11. The van der Waals surface area contributed by atoms with Crippen molar-refractivity contribution in [2.24, 2.45) is 0 Å². The Labute approximate surface area is 206 Å². The molecule has 0 spiro atoms. The Hall–Kier alpha value is -5.12. The summed E-state index contributed by atoms with van der Waals surface area (Å²) in [6.45, 7) is 0.983. The molecule has 4 heterocycles. The van der Waals surface area contributed by atoms with Crippen LogP contribution in [0, 0.1) is 0 Å². The monoisotopic (exact) mass is 474 g/mol. The summed E-state index contributed by atoms with van der Waals surface area (Å²) in [4.78, 5) is 21.6. The molecule has 1 N–H and O–H groups in total. The van der Waals surface area contributed by atoms with Crippen molar-refractivity contribution in [3.63, 3.8) is 0 Å². The van der Waals surface area contributed by atoms with E-state index in [1.165, 1.54) is 0 Å². The van der Waals surface area contributed by atoms with Crippen LogP contribution in [-0.2, 0) is 13.2 Å². The second-order valence-corrected chi connectivity index (χ2v) is 8.05. The van der Waals surface area contributed by atoms with Crippen LogP contribution in [0.4, 0.5) is 11.6 Å². The highest BCUT2D eigenvalue weighted by atomic mass is 16.5. The summed E-state index contributed by atoms with van der Waals surface area (Å²) in [5.74, 6) is 1.01. The van der Waals surface area contributed by atoms with Crippen molar-refractivity contribution in [1.29, 1.82) is 0 Å². The third-order valence-corrected chi connectivity index (χ3v) is 5.52. The normalized spacial score (nSPS) is 11.0. The average Bonchev–Trinajstić information content (AvgIpc) is 3.63. The van der Waals surface area contributed by atoms with Crippen molar-refractivity contribution in [2.75, 3.05) is 0 Å². The van der Waals surface area contributed by atoms with Gasteiger partial charge in [0.2, 0.25) is 0 Å². The van der Waals surface area contributed by atoms with Crippen LogP contribution in [-0.4, -0.2) is 39.7 Å². The van der Waals surface area contributed by atoms with E-state index in [4.69, 9.17) is 4.74 Å². The number of aromatic amines is 1. The van der Waals surface area contributed by atoms with E-state index in [9.17, 15) is 0 Å². The number of rotatable bonds is 8. The zero-order valence-corrected chi connectivity index (χ0v) is 19.1. The van der Waals surface area contributed by atoms with Crippen LogP contribution in [0.1, 0.15) is 11.3 Å². The molecule has 6 rings (SSSR count). The largest absolute Gasteiger partial charge is 0.486 e. The molecule has 10 heteroatoms. The third-order valence-electron chi connectivity index (χ3n) is 5.52. The fourth-order valence-corrected chi connectivity index (χ4v) is 3.83. The van der Waals surface area contributed by atoms with E-state index in [1.807, 2.05) is 47.2 Å². The Morgan fingerprint density at radius 3 is 2.78 bits per heavy atom. The lowest BCUT2D eigenvalue weighted by Crippen LogP contribution is -2.00. The fourth-order valence-electron chi connectivity index (χ4n) is 3.83. The topological polar surface area (TPSA) is 121 Å². The minimum absolute atomic E-state index is 0.270. The molecule has 176 valence electrons. The average molecular weight is 475 g/mol. The van der Waals surface area contributed by atoms with Crippen molar-refractivity contribution < 1.29 is 4.74 Å². The van der Waals surface area contributed by atoms with Gasteiger partial charge >= 0.3 is 0 Å². The lowest BCUT2D eigenvalue weighted by atomic mass is 10.1. The molecule has 0 aliphatic carbocycles. The van der Waals surface area contributed by atoms with Gasteiger partial charge in [0.15, 0.2) is 0 Å². The van der Waals surface area contributed by atoms with Crippen LogP contribution < -0.4 is 4.74 Å². The Morgan fingerprint density at radius 2 is 1.94 bits per heavy atom. The van der Waals surface area contributed by atoms with Crippen molar-refractivity contribution in [3.8, 4) is 17.0 Å². The molecule has 10 nitrogen and oxygen atoms in total. The van der Waals surface area contributed by atoms with E-state index in [0.717, 1.165) is 39.1 Å². The van der Waals surface area contributed by atoms with E-state index in [1.54, 1.807) is 43.5 Å². The van der Waals surface area contributed by atoms with Gasteiger partial charge in [0.1, 0.15) is 12.4 Å². The smallest absolute Gasteiger partial charge is 0.132 e. The number of nitrogens with one attached hydrogen (secondary N) is 1. The maximum atomic E-state index is 6.13. The SMILES string of the molecule is c1cc(Cn2ccnc2)cc([N-]c2ncc3cc(-c4ccn[nH]4)c(OCc4cnccn4)cc3n2)c1. The predicted octanol–water partition coefficient (Wildman–Crippen LogP) is 4.97. The summed E-state index contributed by atoms with van der Waals surface area (Å²) in [5.41, 5.74) is 5.01. The quantitative estimate of drug-likeness (QED) is 0.330. The Bertz CT molecular complexity index is 1580. The number of imidazole rings is 1. The summed E-state index contributed by atoms with van der Waals surface area (Å²) in [7, 11) is 0. The summed E-state index contributed by atoms with van der Waals surface area (Å²) in [6, 6.07) is 13.7. The van der Waals surface area contributed by atoms with E-state index in [0.29, 0.717) is 18.2 Å². The maximum Gasteiger partial charge on any atom is 0.132 e. The molecular weight excluding hydrogens is 454 g/mol. The number of hydrogen-bond donors (Lipinski definition) is 1. The lowest BCUT2D eigenvalue weighted by molar-refractivity contribution is 0.302. The van der Waals surface area contributed by atoms with Gasteiger partial charge in [-0.2, -0.15) is 5.10 Å². The molecule has 6 aromatic rings. The first kappa shape index (κ1) is 21.4. The minimum Gasteiger partial charge on any atom is -0.486 e. The van der Waals surface area contributed by atoms with Crippen molar-refractivity contribution in [2.45, 2.75) is 13.2 Å². The molecule has 0 amide bonds. The molecule has 0 atom stereocenters. The van der Waals surface area contributed by atoms with Gasteiger partial charge in [0.05, 0.1) is 23.9 Å². The fraction of sp³-hybridized carbons (Fsp3) is 0.0769. The molecule has 0 saturated heterocycles. The van der Waals surface area contributed by atoms with E-state index >= 15 is 0 Å². The van der Waals surface area contributed by atoms with Crippen molar-refractivity contribution >= 4 is 22.5 Å². The molecule has 36 heavy (non-hydrogen) atoms. The molecule has 0 aliphatic rings. The van der Waals surface area contributed by atoms with Crippen LogP contribution in [0.3, 0.4) is 0 Å². The summed E-state index contributed by atoms with van der Waals surface area (Å²) in [6.07, 6.45) is 13.9. The van der Waals surface area contributed by atoms with Gasteiger partial charge in [-0.05, 0) is 47.1 Å². The first-order chi connectivity index (χ1) is 17.8. The van der Waals surface area contributed by atoms with Gasteiger partial charge in [0.25, 0.3) is 0 Å². The van der Waals surface area contributed by atoms with E-state index < -0.39 is 0 Å². The molecule has 0 radical (unpaired) electrons. The molecule has 4 aromatic heterocycles. The highest BCUT2D eigenvalue weighted by molar-refractivity contribution is 5.88. The molecule has 0 bridgehead atoms. The van der Waals surface area contributed by atoms with Crippen molar-refractivity contribution in [1.82, 2.24) is 39.7 Å². The zero-order valence-electron chi connectivity index (χ0n) is 19.1. The van der Waals surface area contributed by atoms with Crippen LogP contribution in [0.2, 0.25) is 0 Å². The summed E-state index contributed by atoms with van der Waals surface area (Å²) in [5, 5.41) is 12.6. The van der Waals surface area contributed by atoms with Gasteiger partial charge in [-0.1, -0.05) is 18.2 Å². The third kappa shape index (κ3) is 4.73. The number of ether oxygens (including phenoxy) is 1. The van der Waals surface area contributed by atoms with Crippen LogP contribution >= 0.6 is 0 Å². The molecule has 0 saturated carbocycles. The predicted molar refractivity (Wildman–Crippen MR) is 134 cm³/mol. The van der Waals surface area contributed by atoms with Crippen LogP contribution in [0.15, 0.2) is 92.2 Å². The molecule has 0 fully saturated rings. The van der Waals surface area contributed by atoms with Gasteiger partial charge in [-0.3, -0.25) is 15.1 Å². The molecule has 0 unspecified atom stereocenters. The number of nitrogens with zero attached hydrogens (tertiary/aromatic N) is 8. The first-order valence-electron chi connectivity index (χ1n) is 11.2. The van der Waals surface area contributed by atoms with E-state index in [-0.39, 0.29) is 6.61 Å². The zero-order chi connectivity index (χ0) is 24.2. The van der Waals surface area contributed by atoms with E-state index in [2.05, 4.69) is 46.5 Å². The van der Waals surface area contributed by atoms with Gasteiger partial charge in [-0.15, -0.1) is 0 Å². The number of fused-ring (bicyclic) bond motifs is 1. The van der Waals surface area contributed by atoms with Gasteiger partial charge in [0, 0.05) is 54.6 Å². The van der Waals surface area contributed by atoms with Gasteiger partial charge in [-0.25, -0.2) is 4.98 Å². The van der Waals surface area contributed by atoms with Crippen LogP contribution in [0.5, 0.6) is 5.75 Å². The summed E-state index contributed by atoms with van der Waals surface area (Å²) >= 11 is 0. The van der Waals surface area contributed by atoms with Crippen molar-refractivity contribution in [3.05, 3.63) is 109 Å². The number of aromatic nitrogens is 8. The Kier molecular flexibility index (Phi) is 5.73. The molecule has 2 aromatic carbocycles. The molecular formula is C26H20N9O-.